The van der Waals surface area contributed by atoms with Crippen LogP contribution in [0.5, 0.6) is 0 Å². The van der Waals surface area contributed by atoms with Crippen molar-refractivity contribution in [2.45, 2.75) is 51.6 Å². The van der Waals surface area contributed by atoms with E-state index in [-0.39, 0.29) is 6.10 Å². The molecular formula is C12H22O2Si. The fraction of sp³-hybridized carbons (Fsp3) is 0.667. The van der Waals surface area contributed by atoms with Crippen molar-refractivity contribution in [2.75, 3.05) is 0 Å². The fourth-order valence-corrected chi connectivity index (χ4v) is 3.66. The molecule has 0 saturated carbocycles. The van der Waals surface area contributed by atoms with Crippen molar-refractivity contribution >= 4 is 8.32 Å². The predicted molar refractivity (Wildman–Crippen MR) is 66.4 cm³/mol. The Morgan fingerprint density at radius 2 is 2.33 bits per heavy atom. The van der Waals surface area contributed by atoms with Gasteiger partial charge in [0.15, 0.2) is 8.32 Å². The second-order valence-corrected chi connectivity index (χ2v) is 9.28. The molecule has 0 amide bonds. The van der Waals surface area contributed by atoms with Gasteiger partial charge in [0.2, 0.25) is 0 Å². The summed E-state index contributed by atoms with van der Waals surface area (Å²) in [5, 5.41) is 9.78. The topological polar surface area (TPSA) is 29.5 Å². The lowest BCUT2D eigenvalue weighted by molar-refractivity contribution is 0.126. The van der Waals surface area contributed by atoms with Crippen LogP contribution in [0.1, 0.15) is 20.3 Å². The minimum Gasteiger partial charge on any atom is -0.410 e. The molecule has 3 heteroatoms. The monoisotopic (exact) mass is 226 g/mol. The van der Waals surface area contributed by atoms with Crippen LogP contribution < -0.4 is 0 Å². The average Bonchev–Trinajstić information content (AvgIpc) is 2.11. The van der Waals surface area contributed by atoms with E-state index in [0.29, 0.717) is 6.42 Å². The number of hydrogen-bond donors (Lipinski definition) is 1. The van der Waals surface area contributed by atoms with Crippen LogP contribution in [0.25, 0.3) is 0 Å². The molecule has 0 aliphatic carbocycles. The van der Waals surface area contributed by atoms with Gasteiger partial charge in [-0.3, -0.25) is 0 Å². The molecule has 1 rings (SSSR count). The molecule has 1 aliphatic rings. The highest BCUT2D eigenvalue weighted by Gasteiger charge is 2.31. The highest BCUT2D eigenvalue weighted by molar-refractivity contribution is 6.71. The zero-order valence-electron chi connectivity index (χ0n) is 10.2. The molecule has 0 fully saturated rings. The molecule has 2 nitrogen and oxygen atoms in total. The zero-order valence-corrected chi connectivity index (χ0v) is 11.2. The third-order valence-corrected chi connectivity index (χ3v) is 5.00. The Kier molecular flexibility index (Phi) is 3.92. The molecule has 1 N–H and O–H groups in total. The minimum absolute atomic E-state index is 0.0899. The van der Waals surface area contributed by atoms with E-state index in [1.54, 1.807) is 0 Å². The van der Waals surface area contributed by atoms with E-state index in [9.17, 15) is 5.11 Å². The highest BCUT2D eigenvalue weighted by atomic mass is 28.4. The summed E-state index contributed by atoms with van der Waals surface area (Å²) in [5.74, 6) is 0. The summed E-state index contributed by atoms with van der Waals surface area (Å²) in [4.78, 5) is 0. The van der Waals surface area contributed by atoms with E-state index < -0.39 is 14.4 Å². The first-order chi connectivity index (χ1) is 6.82. The second kappa shape index (κ2) is 4.64. The molecule has 86 valence electrons. The fourth-order valence-electron chi connectivity index (χ4n) is 1.70. The van der Waals surface area contributed by atoms with Crippen molar-refractivity contribution in [1.82, 2.24) is 0 Å². The SMILES string of the molecule is C=C(C)[C@@H](O)C[C@H]1O[Si](C)(C)CC=C1C. The van der Waals surface area contributed by atoms with Crippen LogP contribution in [0.2, 0.25) is 19.1 Å². The van der Waals surface area contributed by atoms with Gasteiger partial charge in [-0.2, -0.15) is 0 Å². The Morgan fingerprint density at radius 1 is 1.73 bits per heavy atom. The first-order valence-corrected chi connectivity index (χ1v) is 8.61. The Labute approximate surface area is 93.8 Å². The normalized spacial score (nSPS) is 27.0. The summed E-state index contributed by atoms with van der Waals surface area (Å²) in [7, 11) is -1.51. The number of allylic oxidation sites excluding steroid dienone is 1. The second-order valence-electron chi connectivity index (χ2n) is 5.12. The van der Waals surface area contributed by atoms with Crippen molar-refractivity contribution in [1.29, 1.82) is 0 Å². The van der Waals surface area contributed by atoms with Gasteiger partial charge < -0.3 is 9.53 Å². The molecule has 0 bridgehead atoms. The number of aliphatic hydroxyl groups is 1. The average molecular weight is 226 g/mol. The molecule has 0 saturated heterocycles. The molecule has 15 heavy (non-hydrogen) atoms. The van der Waals surface area contributed by atoms with Gasteiger partial charge in [0.25, 0.3) is 0 Å². The molecule has 2 atom stereocenters. The van der Waals surface area contributed by atoms with Crippen LogP contribution in [0, 0.1) is 0 Å². The molecule has 0 aromatic rings. The van der Waals surface area contributed by atoms with Gasteiger partial charge in [-0.25, -0.2) is 0 Å². The molecular weight excluding hydrogens is 204 g/mol. The third kappa shape index (κ3) is 3.59. The van der Waals surface area contributed by atoms with Crippen molar-refractivity contribution in [2.24, 2.45) is 0 Å². The number of rotatable bonds is 3. The van der Waals surface area contributed by atoms with Gasteiger partial charge in [-0.15, -0.1) is 0 Å². The van der Waals surface area contributed by atoms with Gasteiger partial charge in [0.05, 0.1) is 12.2 Å². The highest BCUT2D eigenvalue weighted by Crippen LogP contribution is 2.28. The van der Waals surface area contributed by atoms with Crippen LogP contribution in [-0.2, 0) is 4.43 Å². The van der Waals surface area contributed by atoms with Crippen LogP contribution in [-0.4, -0.2) is 25.6 Å². The largest absolute Gasteiger partial charge is 0.410 e. The van der Waals surface area contributed by atoms with Gasteiger partial charge in [0, 0.05) is 6.42 Å². The molecule has 0 spiro atoms. The van der Waals surface area contributed by atoms with Crippen molar-refractivity contribution in [3.8, 4) is 0 Å². The van der Waals surface area contributed by atoms with Crippen molar-refractivity contribution < 1.29 is 9.53 Å². The summed E-state index contributed by atoms with van der Waals surface area (Å²) in [5.41, 5.74) is 2.07. The van der Waals surface area contributed by atoms with Gasteiger partial charge in [-0.05, 0) is 33.0 Å². The smallest absolute Gasteiger partial charge is 0.191 e. The first kappa shape index (κ1) is 12.7. The van der Waals surface area contributed by atoms with E-state index in [1.807, 2.05) is 6.92 Å². The standard InChI is InChI=1S/C12H22O2Si/c1-9(2)11(13)8-12-10(3)6-7-15(4,5)14-12/h6,11-13H,1,7-8H2,2-5H3/t11-,12+/m0/s1. The van der Waals surface area contributed by atoms with Crippen LogP contribution in [0.15, 0.2) is 23.8 Å². The number of hydrogen-bond acceptors (Lipinski definition) is 2. The lowest BCUT2D eigenvalue weighted by atomic mass is 10.0. The van der Waals surface area contributed by atoms with Gasteiger partial charge >= 0.3 is 0 Å². The van der Waals surface area contributed by atoms with Crippen molar-refractivity contribution in [3.63, 3.8) is 0 Å². The number of aliphatic hydroxyl groups excluding tert-OH is 1. The summed E-state index contributed by atoms with van der Waals surface area (Å²) >= 11 is 0. The van der Waals surface area contributed by atoms with E-state index >= 15 is 0 Å². The van der Waals surface area contributed by atoms with E-state index in [2.05, 4.69) is 32.7 Å². The van der Waals surface area contributed by atoms with Crippen LogP contribution in [0.4, 0.5) is 0 Å². The Bertz CT molecular complexity index is 281. The Balaban J connectivity index is 2.65. The molecule has 1 heterocycles. The lowest BCUT2D eigenvalue weighted by Crippen LogP contribution is -2.40. The van der Waals surface area contributed by atoms with Gasteiger partial charge in [-0.1, -0.05) is 23.8 Å². The summed E-state index contributed by atoms with van der Waals surface area (Å²) in [6.07, 6.45) is 2.56. The molecule has 1 aliphatic heterocycles. The van der Waals surface area contributed by atoms with Crippen LogP contribution >= 0.6 is 0 Å². The first-order valence-electron chi connectivity index (χ1n) is 5.50. The van der Waals surface area contributed by atoms with Crippen molar-refractivity contribution in [3.05, 3.63) is 23.8 Å². The third-order valence-electron chi connectivity index (χ3n) is 2.89. The van der Waals surface area contributed by atoms with E-state index in [0.717, 1.165) is 11.6 Å². The maximum atomic E-state index is 9.78. The zero-order chi connectivity index (χ0) is 11.6. The van der Waals surface area contributed by atoms with E-state index in [4.69, 9.17) is 4.43 Å². The molecule has 0 aromatic heterocycles. The molecule has 0 aromatic carbocycles. The van der Waals surface area contributed by atoms with Crippen LogP contribution in [0.3, 0.4) is 0 Å². The summed E-state index contributed by atoms with van der Waals surface area (Å²) in [6, 6.07) is 1.08. The minimum atomic E-state index is -1.51. The maximum Gasteiger partial charge on any atom is 0.191 e. The summed E-state index contributed by atoms with van der Waals surface area (Å²) < 4.78 is 6.08. The Morgan fingerprint density at radius 3 is 2.87 bits per heavy atom. The maximum absolute atomic E-state index is 9.78. The van der Waals surface area contributed by atoms with Gasteiger partial charge in [0.1, 0.15) is 0 Å². The Hall–Kier alpha value is -0.383. The van der Waals surface area contributed by atoms with E-state index in [1.165, 1.54) is 5.57 Å². The quantitative estimate of drug-likeness (QED) is 0.592. The molecule has 0 unspecified atom stereocenters. The predicted octanol–water partition coefficient (Wildman–Crippen LogP) is 2.86. The molecule has 0 radical (unpaired) electrons. The summed E-state index contributed by atoms with van der Waals surface area (Å²) in [6.45, 7) is 12.1. The lowest BCUT2D eigenvalue weighted by Gasteiger charge is -2.34.